The monoisotopic (exact) mass is 321 g/mol. The molecule has 0 aliphatic carbocycles. The van der Waals surface area contributed by atoms with Crippen molar-refractivity contribution in [2.24, 2.45) is 5.92 Å². The molecule has 0 saturated carbocycles. The summed E-state index contributed by atoms with van der Waals surface area (Å²) in [6, 6.07) is 7.69. The number of carbonyl (C=O) groups excluding carboxylic acids is 1. The molecule has 122 valence electrons. The number of thioether (sulfide) groups is 1. The molecule has 0 aliphatic heterocycles. The van der Waals surface area contributed by atoms with Crippen molar-refractivity contribution < 1.29 is 9.90 Å². The zero-order chi connectivity index (χ0) is 16.5. The molecule has 2 N–H and O–H groups in total. The van der Waals surface area contributed by atoms with Crippen LogP contribution in [0, 0.1) is 5.92 Å². The molecule has 4 heteroatoms. The lowest BCUT2D eigenvalue weighted by molar-refractivity contribution is 0.0936. The summed E-state index contributed by atoms with van der Waals surface area (Å²) in [5, 5.41) is 12.3. The Morgan fingerprint density at radius 3 is 2.64 bits per heavy atom. The largest absolute Gasteiger partial charge is 0.393 e. The van der Waals surface area contributed by atoms with E-state index in [9.17, 15) is 9.90 Å². The van der Waals surface area contributed by atoms with Crippen molar-refractivity contribution in [3.05, 3.63) is 41.5 Å². The molecule has 1 rings (SSSR count). The van der Waals surface area contributed by atoms with E-state index in [4.69, 9.17) is 0 Å². The lowest BCUT2D eigenvalue weighted by atomic mass is 10.0. The molecule has 0 aromatic heterocycles. The van der Waals surface area contributed by atoms with Gasteiger partial charge in [0.2, 0.25) is 0 Å². The molecular weight excluding hydrogens is 294 g/mol. The first-order valence-electron chi connectivity index (χ1n) is 7.71. The van der Waals surface area contributed by atoms with Gasteiger partial charge in [0.15, 0.2) is 0 Å². The molecule has 3 nitrogen and oxygen atoms in total. The van der Waals surface area contributed by atoms with Crippen molar-refractivity contribution in [2.45, 2.75) is 45.1 Å². The predicted octanol–water partition coefficient (Wildman–Crippen LogP) is 3.88. The maximum Gasteiger partial charge on any atom is 0.252 e. The second kappa shape index (κ2) is 9.70. The van der Waals surface area contributed by atoms with E-state index >= 15 is 0 Å². The average Bonchev–Trinajstić information content (AvgIpc) is 2.44. The van der Waals surface area contributed by atoms with Crippen LogP contribution in [0.4, 0.5) is 0 Å². The lowest BCUT2D eigenvalue weighted by Crippen LogP contribution is -2.29. The highest BCUT2D eigenvalue weighted by molar-refractivity contribution is 7.99. The summed E-state index contributed by atoms with van der Waals surface area (Å²) >= 11 is 1.67. The van der Waals surface area contributed by atoms with Crippen LogP contribution in [-0.4, -0.2) is 29.4 Å². The van der Waals surface area contributed by atoms with E-state index in [0.717, 1.165) is 16.2 Å². The van der Waals surface area contributed by atoms with Gasteiger partial charge >= 0.3 is 0 Å². The Kier molecular flexibility index (Phi) is 8.28. The van der Waals surface area contributed by atoms with E-state index in [2.05, 4.69) is 25.2 Å². The van der Waals surface area contributed by atoms with Gasteiger partial charge in [-0.3, -0.25) is 4.79 Å². The zero-order valence-electron chi connectivity index (χ0n) is 13.9. The van der Waals surface area contributed by atoms with Gasteiger partial charge in [0.05, 0.1) is 11.7 Å². The smallest absolute Gasteiger partial charge is 0.252 e. The van der Waals surface area contributed by atoms with Crippen LogP contribution >= 0.6 is 11.8 Å². The quantitative estimate of drug-likeness (QED) is 0.564. The van der Waals surface area contributed by atoms with E-state index in [-0.39, 0.29) is 17.9 Å². The first-order valence-corrected chi connectivity index (χ1v) is 8.70. The van der Waals surface area contributed by atoms with Crippen molar-refractivity contribution in [1.29, 1.82) is 0 Å². The Balaban J connectivity index is 2.63. The number of allylic oxidation sites excluding steroid dienone is 1. The Morgan fingerprint density at radius 1 is 1.32 bits per heavy atom. The fraction of sp³-hybridized carbons (Fsp3) is 0.500. The van der Waals surface area contributed by atoms with Gasteiger partial charge in [-0.2, -0.15) is 0 Å². The fourth-order valence-corrected chi connectivity index (χ4v) is 3.19. The summed E-state index contributed by atoms with van der Waals surface area (Å²) in [5.74, 6) is 1.08. The van der Waals surface area contributed by atoms with Gasteiger partial charge in [-0.1, -0.05) is 30.7 Å². The Morgan fingerprint density at radius 2 is 2.00 bits per heavy atom. The SMILES string of the molecule is CC(C)=CCSc1ccccc1C(=O)NCC(C)CC(C)O. The van der Waals surface area contributed by atoms with Gasteiger partial charge in [-0.25, -0.2) is 0 Å². The van der Waals surface area contributed by atoms with E-state index in [1.807, 2.05) is 31.2 Å². The van der Waals surface area contributed by atoms with Crippen LogP contribution in [0.2, 0.25) is 0 Å². The summed E-state index contributed by atoms with van der Waals surface area (Å²) in [7, 11) is 0. The molecule has 1 aromatic carbocycles. The van der Waals surface area contributed by atoms with Crippen molar-refractivity contribution in [1.82, 2.24) is 5.32 Å². The van der Waals surface area contributed by atoms with Crippen LogP contribution in [0.1, 0.15) is 44.5 Å². The molecule has 0 fully saturated rings. The molecule has 2 atom stereocenters. The van der Waals surface area contributed by atoms with Gasteiger partial charge in [-0.15, -0.1) is 11.8 Å². The van der Waals surface area contributed by atoms with Crippen LogP contribution in [0.25, 0.3) is 0 Å². The number of carbonyl (C=O) groups is 1. The minimum atomic E-state index is -0.334. The first kappa shape index (κ1) is 18.8. The highest BCUT2D eigenvalue weighted by Gasteiger charge is 2.13. The Hall–Kier alpha value is -1.26. The van der Waals surface area contributed by atoms with Crippen molar-refractivity contribution in [3.8, 4) is 0 Å². The third kappa shape index (κ3) is 7.14. The average molecular weight is 321 g/mol. The topological polar surface area (TPSA) is 49.3 Å². The Bertz CT molecular complexity index is 508. The molecule has 0 bridgehead atoms. The van der Waals surface area contributed by atoms with Crippen LogP contribution in [-0.2, 0) is 0 Å². The first-order chi connectivity index (χ1) is 10.4. The maximum atomic E-state index is 12.4. The second-order valence-electron chi connectivity index (χ2n) is 5.99. The third-order valence-electron chi connectivity index (χ3n) is 3.22. The van der Waals surface area contributed by atoms with E-state index < -0.39 is 0 Å². The predicted molar refractivity (Wildman–Crippen MR) is 94.4 cm³/mol. The molecule has 1 amide bonds. The standard InChI is InChI=1S/C18H27NO2S/c1-13(2)9-10-22-17-8-6-5-7-16(17)18(21)19-12-14(3)11-15(4)20/h5-9,14-15,20H,10-12H2,1-4H3,(H,19,21). The van der Waals surface area contributed by atoms with E-state index in [1.165, 1.54) is 5.57 Å². The molecule has 0 spiro atoms. The number of hydrogen-bond acceptors (Lipinski definition) is 3. The highest BCUT2D eigenvalue weighted by atomic mass is 32.2. The number of aliphatic hydroxyl groups excluding tert-OH is 1. The summed E-state index contributed by atoms with van der Waals surface area (Å²) in [6.45, 7) is 8.53. The van der Waals surface area contributed by atoms with Crippen molar-refractivity contribution in [3.63, 3.8) is 0 Å². The number of rotatable bonds is 8. The number of nitrogens with one attached hydrogen (secondary N) is 1. The molecule has 0 aliphatic rings. The minimum absolute atomic E-state index is 0.0438. The Labute approximate surface area is 138 Å². The number of hydrogen-bond donors (Lipinski definition) is 2. The van der Waals surface area contributed by atoms with Crippen LogP contribution in [0.3, 0.4) is 0 Å². The third-order valence-corrected chi connectivity index (χ3v) is 4.22. The number of benzene rings is 1. The summed E-state index contributed by atoms with van der Waals surface area (Å²) < 4.78 is 0. The molecule has 2 unspecified atom stereocenters. The second-order valence-corrected chi connectivity index (χ2v) is 7.05. The van der Waals surface area contributed by atoms with Crippen LogP contribution in [0.15, 0.2) is 40.8 Å². The maximum absolute atomic E-state index is 12.4. The van der Waals surface area contributed by atoms with Crippen LogP contribution < -0.4 is 5.32 Å². The van der Waals surface area contributed by atoms with Gasteiger partial charge in [-0.05, 0) is 45.2 Å². The molecular formula is C18H27NO2S. The van der Waals surface area contributed by atoms with Gasteiger partial charge in [0.1, 0.15) is 0 Å². The van der Waals surface area contributed by atoms with Crippen molar-refractivity contribution in [2.75, 3.05) is 12.3 Å². The summed E-state index contributed by atoms with van der Waals surface area (Å²) in [4.78, 5) is 13.4. The van der Waals surface area contributed by atoms with E-state index in [1.54, 1.807) is 18.7 Å². The van der Waals surface area contributed by atoms with Crippen molar-refractivity contribution >= 4 is 17.7 Å². The molecule has 0 heterocycles. The highest BCUT2D eigenvalue weighted by Crippen LogP contribution is 2.23. The summed E-state index contributed by atoms with van der Waals surface area (Å²) in [5.41, 5.74) is 2.00. The minimum Gasteiger partial charge on any atom is -0.393 e. The van der Waals surface area contributed by atoms with E-state index in [0.29, 0.717) is 13.0 Å². The number of aliphatic hydroxyl groups is 1. The normalized spacial score (nSPS) is 13.3. The molecule has 1 aromatic rings. The van der Waals surface area contributed by atoms with Gasteiger partial charge in [0, 0.05) is 17.2 Å². The fourth-order valence-electron chi connectivity index (χ4n) is 2.11. The molecule has 0 radical (unpaired) electrons. The zero-order valence-corrected chi connectivity index (χ0v) is 14.7. The number of amides is 1. The molecule has 0 saturated heterocycles. The van der Waals surface area contributed by atoms with Gasteiger partial charge in [0.25, 0.3) is 5.91 Å². The van der Waals surface area contributed by atoms with Gasteiger partial charge < -0.3 is 10.4 Å². The lowest BCUT2D eigenvalue weighted by Gasteiger charge is -2.15. The molecule has 22 heavy (non-hydrogen) atoms. The summed E-state index contributed by atoms with van der Waals surface area (Å²) in [6.07, 6.45) is 2.51. The van der Waals surface area contributed by atoms with Crippen LogP contribution in [0.5, 0.6) is 0 Å².